The first-order valence-corrected chi connectivity index (χ1v) is 3.64. The van der Waals surface area contributed by atoms with Gasteiger partial charge in [0, 0.05) is 6.54 Å². The number of rotatable bonds is 4. The highest BCUT2D eigenvalue weighted by atomic mass is 15.3. The van der Waals surface area contributed by atoms with Crippen molar-refractivity contribution >= 4 is 7.85 Å². The highest BCUT2D eigenvalue weighted by Gasteiger charge is 2.10. The van der Waals surface area contributed by atoms with E-state index in [1.54, 1.807) is 0 Å². The predicted molar refractivity (Wildman–Crippen MR) is 44.2 cm³/mol. The molecular formula is C6H18BN2+. The number of nitrogens with two attached hydrogens (primary N) is 1. The van der Waals surface area contributed by atoms with Crippen LogP contribution in [0.4, 0.5) is 0 Å². The van der Waals surface area contributed by atoms with Crippen molar-refractivity contribution in [1.29, 1.82) is 0 Å². The van der Waals surface area contributed by atoms with Gasteiger partial charge in [0.15, 0.2) is 0 Å². The zero-order valence-electron chi connectivity index (χ0n) is 6.85. The summed E-state index contributed by atoms with van der Waals surface area (Å²) in [6, 6.07) is 0. The fourth-order valence-corrected chi connectivity index (χ4v) is 1.07. The van der Waals surface area contributed by atoms with E-state index in [9.17, 15) is 0 Å². The number of quaternary nitrogens is 1. The molecular weight excluding hydrogens is 111 g/mol. The van der Waals surface area contributed by atoms with Crippen molar-refractivity contribution in [2.75, 3.05) is 33.7 Å². The lowest BCUT2D eigenvalue weighted by atomic mass is 10.0. The van der Waals surface area contributed by atoms with E-state index < -0.39 is 0 Å². The molecule has 0 amide bonds. The van der Waals surface area contributed by atoms with Gasteiger partial charge in [-0.1, -0.05) is 0 Å². The maximum absolute atomic E-state index is 5.43. The molecule has 0 saturated heterocycles. The minimum absolute atomic E-state index is 0.799. The highest BCUT2D eigenvalue weighted by Crippen LogP contribution is 1.95. The van der Waals surface area contributed by atoms with E-state index in [1.165, 1.54) is 12.9 Å². The van der Waals surface area contributed by atoms with E-state index in [-0.39, 0.29) is 0 Å². The molecule has 0 aliphatic heterocycles. The number of hydrogen-bond donors (Lipinski definition) is 1. The van der Waals surface area contributed by atoms with Gasteiger partial charge in [-0.15, -0.1) is 0 Å². The second-order valence-corrected chi connectivity index (χ2v) is 3.17. The first-order valence-electron chi connectivity index (χ1n) is 3.64. The fourth-order valence-electron chi connectivity index (χ4n) is 1.07. The molecule has 0 bridgehead atoms. The fraction of sp³-hybridized carbons (Fsp3) is 1.00. The Morgan fingerprint density at radius 3 is 2.22 bits per heavy atom. The maximum atomic E-state index is 5.43. The van der Waals surface area contributed by atoms with E-state index in [0.717, 1.165) is 17.6 Å². The first kappa shape index (κ1) is 8.98. The van der Waals surface area contributed by atoms with Gasteiger partial charge < -0.3 is 10.2 Å². The Balaban J connectivity index is 3.43. The SMILES string of the molecule is BCC[N+](C)(C)CCN. The average molecular weight is 129 g/mol. The van der Waals surface area contributed by atoms with E-state index in [0.29, 0.717) is 0 Å². The molecule has 3 heteroatoms. The summed E-state index contributed by atoms with van der Waals surface area (Å²) in [7, 11) is 6.64. The Labute approximate surface area is 59.0 Å². The van der Waals surface area contributed by atoms with Gasteiger partial charge in [0.25, 0.3) is 0 Å². The molecule has 0 radical (unpaired) electrons. The van der Waals surface area contributed by atoms with Crippen molar-refractivity contribution in [3.05, 3.63) is 0 Å². The molecule has 0 rings (SSSR count). The van der Waals surface area contributed by atoms with E-state index in [1.807, 2.05) is 0 Å². The zero-order chi connectivity index (χ0) is 7.33. The van der Waals surface area contributed by atoms with Crippen molar-refractivity contribution < 1.29 is 4.48 Å². The molecule has 0 heterocycles. The van der Waals surface area contributed by atoms with Crippen LogP contribution in [-0.4, -0.2) is 46.1 Å². The molecule has 0 unspecified atom stereocenters. The normalized spacial score (nSPS) is 11.9. The van der Waals surface area contributed by atoms with Gasteiger partial charge in [0.2, 0.25) is 0 Å². The summed E-state index contributed by atoms with van der Waals surface area (Å²) >= 11 is 0. The van der Waals surface area contributed by atoms with Crippen LogP contribution in [0, 0.1) is 0 Å². The summed E-state index contributed by atoms with van der Waals surface area (Å²) in [6.07, 6.45) is 1.24. The van der Waals surface area contributed by atoms with Crippen molar-refractivity contribution in [3.63, 3.8) is 0 Å². The molecule has 0 aliphatic carbocycles. The molecule has 0 saturated carbocycles. The molecule has 54 valence electrons. The van der Waals surface area contributed by atoms with E-state index >= 15 is 0 Å². The molecule has 0 aromatic heterocycles. The largest absolute Gasteiger partial charge is 0.328 e. The minimum Gasteiger partial charge on any atom is -0.328 e. The summed E-state index contributed by atoms with van der Waals surface area (Å²) in [6.45, 7) is 3.12. The Morgan fingerprint density at radius 1 is 1.33 bits per heavy atom. The predicted octanol–water partition coefficient (Wildman–Crippen LogP) is -0.927. The van der Waals surface area contributed by atoms with Gasteiger partial charge in [-0.25, -0.2) is 0 Å². The topological polar surface area (TPSA) is 26.0 Å². The Kier molecular flexibility index (Phi) is 3.90. The van der Waals surface area contributed by atoms with Crippen LogP contribution in [0.2, 0.25) is 6.32 Å². The van der Waals surface area contributed by atoms with Crippen LogP contribution < -0.4 is 5.73 Å². The summed E-state index contributed by atoms with van der Waals surface area (Å²) in [4.78, 5) is 0. The van der Waals surface area contributed by atoms with E-state index in [4.69, 9.17) is 5.73 Å². The molecule has 2 N–H and O–H groups in total. The molecule has 0 atom stereocenters. The van der Waals surface area contributed by atoms with Crippen LogP contribution >= 0.6 is 0 Å². The van der Waals surface area contributed by atoms with Crippen molar-refractivity contribution in [2.45, 2.75) is 6.32 Å². The molecule has 2 nitrogen and oxygen atoms in total. The van der Waals surface area contributed by atoms with Crippen LogP contribution in [0.1, 0.15) is 0 Å². The van der Waals surface area contributed by atoms with Crippen molar-refractivity contribution in [1.82, 2.24) is 0 Å². The third-order valence-electron chi connectivity index (χ3n) is 1.56. The van der Waals surface area contributed by atoms with Crippen LogP contribution in [0.3, 0.4) is 0 Å². The zero-order valence-corrected chi connectivity index (χ0v) is 6.85. The van der Waals surface area contributed by atoms with Gasteiger partial charge in [0.05, 0.1) is 27.2 Å². The Morgan fingerprint density at radius 2 is 1.89 bits per heavy atom. The van der Waals surface area contributed by atoms with Crippen molar-refractivity contribution in [3.8, 4) is 0 Å². The van der Waals surface area contributed by atoms with Crippen LogP contribution in [0.15, 0.2) is 0 Å². The summed E-state index contributed by atoms with van der Waals surface area (Å²) in [5.74, 6) is 0. The number of likely N-dealkylation sites (N-methyl/N-ethyl adjacent to an activating group) is 1. The number of nitrogens with zero attached hydrogens (tertiary/aromatic N) is 1. The van der Waals surface area contributed by atoms with Gasteiger partial charge in [-0.3, -0.25) is 0 Å². The van der Waals surface area contributed by atoms with Gasteiger partial charge >= 0.3 is 0 Å². The lowest BCUT2D eigenvalue weighted by Crippen LogP contribution is -2.43. The standard InChI is InChI=1S/C6H18BN2/c1-9(2,5-3-7)6-4-8/h3-8H2,1-2H3/q+1. The van der Waals surface area contributed by atoms with Crippen molar-refractivity contribution in [2.24, 2.45) is 5.73 Å². The first-order chi connectivity index (χ1) is 4.12. The molecule has 0 aromatic rings. The monoisotopic (exact) mass is 129 g/mol. The van der Waals surface area contributed by atoms with Gasteiger partial charge in [-0.2, -0.15) is 0 Å². The Hall–Kier alpha value is -0.0151. The maximum Gasteiger partial charge on any atom is 0.108 e. The quantitative estimate of drug-likeness (QED) is 0.385. The second kappa shape index (κ2) is 3.91. The Bertz CT molecular complexity index is 65.5. The molecule has 9 heavy (non-hydrogen) atoms. The number of hydrogen-bond acceptors (Lipinski definition) is 1. The lowest BCUT2D eigenvalue weighted by molar-refractivity contribution is -0.886. The molecule has 0 fully saturated rings. The van der Waals surface area contributed by atoms with E-state index in [2.05, 4.69) is 21.9 Å². The third-order valence-corrected chi connectivity index (χ3v) is 1.56. The average Bonchev–Trinajstić information content (AvgIpc) is 1.64. The lowest BCUT2D eigenvalue weighted by Gasteiger charge is -2.28. The molecule has 0 spiro atoms. The van der Waals surface area contributed by atoms with Gasteiger partial charge in [0.1, 0.15) is 7.85 Å². The third kappa shape index (κ3) is 4.49. The van der Waals surface area contributed by atoms with Gasteiger partial charge in [-0.05, 0) is 6.32 Å². The smallest absolute Gasteiger partial charge is 0.108 e. The molecule has 0 aromatic carbocycles. The van der Waals surface area contributed by atoms with Crippen LogP contribution in [0.25, 0.3) is 0 Å². The summed E-state index contributed by atoms with van der Waals surface area (Å²) < 4.78 is 1.06. The highest BCUT2D eigenvalue weighted by molar-refractivity contribution is 6.08. The van der Waals surface area contributed by atoms with Crippen LogP contribution in [-0.2, 0) is 0 Å². The minimum atomic E-state index is 0.799. The molecule has 0 aliphatic rings. The summed E-state index contributed by atoms with van der Waals surface area (Å²) in [5, 5.41) is 0. The van der Waals surface area contributed by atoms with Crippen LogP contribution in [0.5, 0.6) is 0 Å². The summed E-state index contributed by atoms with van der Waals surface area (Å²) in [5.41, 5.74) is 5.43. The second-order valence-electron chi connectivity index (χ2n) is 3.17.